The number of nitrogens with one attached hydrogen (secondary N) is 1. The van der Waals surface area contributed by atoms with E-state index < -0.39 is 35.7 Å². The van der Waals surface area contributed by atoms with Crippen LogP contribution in [0.15, 0.2) is 30.3 Å². The molecule has 1 aromatic carbocycles. The number of amides is 2. The average molecular weight is 392 g/mol. The Kier molecular flexibility index (Phi) is 8.47. The summed E-state index contributed by atoms with van der Waals surface area (Å²) < 4.78 is 10.3. The van der Waals surface area contributed by atoms with Crippen molar-refractivity contribution in [1.82, 2.24) is 10.2 Å². The van der Waals surface area contributed by atoms with Crippen molar-refractivity contribution in [3.63, 3.8) is 0 Å². The first-order valence-corrected chi connectivity index (χ1v) is 9.34. The summed E-state index contributed by atoms with van der Waals surface area (Å²) in [5.41, 5.74) is 0.219. The summed E-state index contributed by atoms with van der Waals surface area (Å²) >= 11 is 0. The van der Waals surface area contributed by atoms with E-state index in [-0.39, 0.29) is 12.3 Å². The Balaban J connectivity index is 2.94. The van der Waals surface area contributed by atoms with Gasteiger partial charge in [-0.15, -0.1) is 0 Å². The molecule has 7 heteroatoms. The first kappa shape index (κ1) is 23.5. The molecule has 156 valence electrons. The molecule has 1 unspecified atom stereocenters. The number of ether oxygens (including phenoxy) is 2. The van der Waals surface area contributed by atoms with Gasteiger partial charge in [0.1, 0.15) is 17.7 Å². The molecule has 2 amide bonds. The van der Waals surface area contributed by atoms with Crippen molar-refractivity contribution in [2.45, 2.75) is 58.7 Å². The Morgan fingerprint density at radius 3 is 2.11 bits per heavy atom. The fourth-order valence-corrected chi connectivity index (χ4v) is 2.80. The number of carbonyl (C=O) groups excluding carboxylic acids is 3. The van der Waals surface area contributed by atoms with Crippen molar-refractivity contribution >= 4 is 18.0 Å². The standard InChI is InChI=1S/C21H32N2O5/c1-14(2)17(19(25)28-21(3,4)5)23(6)20(26)22-16(18(24)27-7)13-15-11-9-8-10-12-15/h8-12,14,16-17H,13H2,1-7H3,(H,22,26)/t16-,17?/m0/s1. The Hall–Kier alpha value is -2.57. The third kappa shape index (κ3) is 7.21. The van der Waals surface area contributed by atoms with Crippen LogP contribution >= 0.6 is 0 Å². The lowest BCUT2D eigenvalue weighted by Crippen LogP contribution is -2.55. The predicted octanol–water partition coefficient (Wildman–Crippen LogP) is 2.78. The molecular formula is C21H32N2O5. The smallest absolute Gasteiger partial charge is 0.329 e. The van der Waals surface area contributed by atoms with Crippen molar-refractivity contribution in [2.75, 3.05) is 14.2 Å². The molecule has 7 nitrogen and oxygen atoms in total. The zero-order valence-corrected chi connectivity index (χ0v) is 17.8. The van der Waals surface area contributed by atoms with Crippen LogP contribution in [0.3, 0.4) is 0 Å². The van der Waals surface area contributed by atoms with Crippen LogP contribution in [0.25, 0.3) is 0 Å². The van der Waals surface area contributed by atoms with Crippen LogP contribution in [0.4, 0.5) is 4.79 Å². The highest BCUT2D eigenvalue weighted by Crippen LogP contribution is 2.17. The first-order chi connectivity index (χ1) is 13.0. The zero-order chi connectivity index (χ0) is 21.5. The zero-order valence-electron chi connectivity index (χ0n) is 17.8. The summed E-state index contributed by atoms with van der Waals surface area (Å²) in [6, 6.07) is 7.12. The highest BCUT2D eigenvalue weighted by molar-refractivity contribution is 5.87. The molecule has 0 heterocycles. The highest BCUT2D eigenvalue weighted by atomic mass is 16.6. The molecular weight excluding hydrogens is 360 g/mol. The van der Waals surface area contributed by atoms with Gasteiger partial charge in [-0.1, -0.05) is 44.2 Å². The van der Waals surface area contributed by atoms with Gasteiger partial charge < -0.3 is 19.7 Å². The van der Waals surface area contributed by atoms with E-state index in [1.807, 2.05) is 44.2 Å². The monoisotopic (exact) mass is 392 g/mol. The minimum absolute atomic E-state index is 0.170. The molecule has 28 heavy (non-hydrogen) atoms. The van der Waals surface area contributed by atoms with Gasteiger partial charge in [-0.3, -0.25) is 0 Å². The number of esters is 2. The van der Waals surface area contributed by atoms with E-state index in [0.717, 1.165) is 5.56 Å². The number of urea groups is 1. The predicted molar refractivity (Wildman–Crippen MR) is 107 cm³/mol. The topological polar surface area (TPSA) is 84.9 Å². The van der Waals surface area contributed by atoms with Gasteiger partial charge in [-0.25, -0.2) is 14.4 Å². The molecule has 2 atom stereocenters. The van der Waals surface area contributed by atoms with Gasteiger partial charge in [0.2, 0.25) is 0 Å². The molecule has 0 bridgehead atoms. The second-order valence-corrected chi connectivity index (χ2v) is 8.05. The summed E-state index contributed by atoms with van der Waals surface area (Å²) in [6.07, 6.45) is 0.284. The van der Waals surface area contributed by atoms with Gasteiger partial charge in [0.15, 0.2) is 0 Å². The van der Waals surface area contributed by atoms with E-state index in [1.165, 1.54) is 19.1 Å². The van der Waals surface area contributed by atoms with E-state index in [9.17, 15) is 14.4 Å². The summed E-state index contributed by atoms with van der Waals surface area (Å²) in [6.45, 7) is 8.99. The van der Waals surface area contributed by atoms with Crippen molar-refractivity contribution < 1.29 is 23.9 Å². The number of rotatable bonds is 7. The van der Waals surface area contributed by atoms with Crippen LogP contribution in [0.5, 0.6) is 0 Å². The van der Waals surface area contributed by atoms with Crippen molar-refractivity contribution in [1.29, 1.82) is 0 Å². The van der Waals surface area contributed by atoms with Gasteiger partial charge in [0.05, 0.1) is 7.11 Å². The van der Waals surface area contributed by atoms with E-state index in [4.69, 9.17) is 9.47 Å². The van der Waals surface area contributed by atoms with Crippen LogP contribution < -0.4 is 5.32 Å². The number of carbonyl (C=O) groups is 3. The van der Waals surface area contributed by atoms with E-state index >= 15 is 0 Å². The molecule has 0 aliphatic rings. The van der Waals surface area contributed by atoms with E-state index in [2.05, 4.69) is 5.32 Å². The fourth-order valence-electron chi connectivity index (χ4n) is 2.80. The second-order valence-electron chi connectivity index (χ2n) is 8.05. The maximum Gasteiger partial charge on any atom is 0.329 e. The van der Waals surface area contributed by atoms with Crippen molar-refractivity contribution in [3.8, 4) is 0 Å². The molecule has 1 N–H and O–H groups in total. The van der Waals surface area contributed by atoms with Crippen molar-refractivity contribution in [3.05, 3.63) is 35.9 Å². The Bertz CT molecular complexity index is 667. The van der Waals surface area contributed by atoms with Gasteiger partial charge >= 0.3 is 18.0 Å². The van der Waals surface area contributed by atoms with Gasteiger partial charge in [-0.05, 0) is 32.3 Å². The maximum atomic E-state index is 12.8. The number of hydrogen-bond donors (Lipinski definition) is 1. The molecule has 1 rings (SSSR count). The van der Waals surface area contributed by atoms with Crippen LogP contribution in [-0.2, 0) is 25.5 Å². The molecule has 0 fully saturated rings. The minimum atomic E-state index is -0.867. The molecule has 0 radical (unpaired) electrons. The minimum Gasteiger partial charge on any atom is -0.467 e. The Morgan fingerprint density at radius 2 is 1.64 bits per heavy atom. The molecule has 0 aromatic heterocycles. The normalized spacial score (nSPS) is 13.4. The highest BCUT2D eigenvalue weighted by Gasteiger charge is 2.35. The van der Waals surface area contributed by atoms with Crippen LogP contribution in [-0.4, -0.2) is 54.7 Å². The molecule has 1 aromatic rings. The second kappa shape index (κ2) is 10.1. The van der Waals surface area contributed by atoms with Crippen LogP contribution in [0, 0.1) is 5.92 Å². The van der Waals surface area contributed by atoms with Crippen LogP contribution in [0.2, 0.25) is 0 Å². The average Bonchev–Trinajstić information content (AvgIpc) is 2.59. The number of likely N-dealkylation sites (N-methyl/N-ethyl adjacent to an activating group) is 1. The van der Waals surface area contributed by atoms with Gasteiger partial charge in [-0.2, -0.15) is 0 Å². The van der Waals surface area contributed by atoms with E-state index in [0.29, 0.717) is 0 Å². The SMILES string of the molecule is COC(=O)[C@H](Cc1ccccc1)NC(=O)N(C)C(C(=O)OC(C)(C)C)C(C)C. The number of benzene rings is 1. The fraction of sp³-hybridized carbons (Fsp3) is 0.571. The molecule has 0 aliphatic heterocycles. The summed E-state index contributed by atoms with van der Waals surface area (Å²) in [4.78, 5) is 38.8. The lowest BCUT2D eigenvalue weighted by atomic mass is 10.0. The first-order valence-electron chi connectivity index (χ1n) is 9.34. The summed E-state index contributed by atoms with van der Waals surface area (Å²) in [7, 11) is 2.79. The summed E-state index contributed by atoms with van der Waals surface area (Å²) in [5, 5.41) is 2.67. The number of hydrogen-bond acceptors (Lipinski definition) is 5. The third-order valence-corrected chi connectivity index (χ3v) is 4.08. The molecule has 0 saturated carbocycles. The van der Waals surface area contributed by atoms with Gasteiger partial charge in [0, 0.05) is 13.5 Å². The van der Waals surface area contributed by atoms with Gasteiger partial charge in [0.25, 0.3) is 0 Å². The van der Waals surface area contributed by atoms with Crippen molar-refractivity contribution in [2.24, 2.45) is 5.92 Å². The largest absolute Gasteiger partial charge is 0.467 e. The Morgan fingerprint density at radius 1 is 1.07 bits per heavy atom. The lowest BCUT2D eigenvalue weighted by molar-refractivity contribution is -0.161. The molecule has 0 aliphatic carbocycles. The van der Waals surface area contributed by atoms with Crippen LogP contribution in [0.1, 0.15) is 40.2 Å². The lowest BCUT2D eigenvalue weighted by Gasteiger charge is -2.33. The number of nitrogens with zero attached hydrogens (tertiary/aromatic N) is 1. The maximum absolute atomic E-state index is 12.8. The molecule has 0 spiro atoms. The quantitative estimate of drug-likeness (QED) is 0.721. The Labute approximate surface area is 167 Å². The van der Waals surface area contributed by atoms with E-state index in [1.54, 1.807) is 20.8 Å². The summed E-state index contributed by atoms with van der Waals surface area (Å²) in [5.74, 6) is -1.21. The number of methoxy groups -OCH3 is 1. The third-order valence-electron chi connectivity index (χ3n) is 4.08. The molecule has 0 saturated heterocycles.